The molecule has 0 spiro atoms. The summed E-state index contributed by atoms with van der Waals surface area (Å²) in [6.45, 7) is 2.03. The summed E-state index contributed by atoms with van der Waals surface area (Å²) in [6, 6.07) is 13.4. The highest BCUT2D eigenvalue weighted by molar-refractivity contribution is 8.15. The molecule has 0 radical (unpaired) electrons. The molecule has 2 saturated heterocycles. The van der Waals surface area contributed by atoms with Crippen LogP contribution in [0.4, 0.5) is 10.6 Å². The number of nitrogens with one attached hydrogen (secondary N) is 2. The van der Waals surface area contributed by atoms with E-state index in [0.717, 1.165) is 35.4 Å². The van der Waals surface area contributed by atoms with Gasteiger partial charge in [-0.05, 0) is 85.1 Å². The van der Waals surface area contributed by atoms with E-state index in [9.17, 15) is 30.0 Å². The number of rotatable bonds is 13. The molecule has 60 heavy (non-hydrogen) atoms. The van der Waals surface area contributed by atoms with Gasteiger partial charge in [0.1, 0.15) is 42.6 Å². The number of amides is 2. The molecule has 2 amide bonds. The first-order valence-corrected chi connectivity index (χ1v) is 19.3. The third-order valence-corrected chi connectivity index (χ3v) is 8.98. The molecule has 4 rings (SSSR count). The van der Waals surface area contributed by atoms with Crippen LogP contribution >= 0.6 is 11.8 Å². The number of aliphatic imine (C=N–C) groups is 1. The summed E-state index contributed by atoms with van der Waals surface area (Å²) >= 11 is 1.05. The van der Waals surface area contributed by atoms with Crippen LogP contribution in [0.1, 0.15) is 25.3 Å². The van der Waals surface area contributed by atoms with Crippen molar-refractivity contribution < 1.29 is 49.3 Å². The fraction of sp³-hybridized carbons (Fsp3) is 0.439. The zero-order chi connectivity index (χ0) is 44.5. The van der Waals surface area contributed by atoms with Gasteiger partial charge in [-0.25, -0.2) is 4.98 Å². The van der Waals surface area contributed by atoms with Crippen molar-refractivity contribution in [3.8, 4) is 53.1 Å². The number of carbonyl (C=O) groups excluding carboxylic acids is 2. The van der Waals surface area contributed by atoms with Gasteiger partial charge in [0, 0.05) is 33.8 Å². The van der Waals surface area contributed by atoms with Gasteiger partial charge in [-0.2, -0.15) is 4.99 Å². The second-order valence-corrected chi connectivity index (χ2v) is 14.0. The molecule has 2 unspecified atom stereocenters. The number of aromatic nitrogens is 1. The number of benzene rings is 1. The van der Waals surface area contributed by atoms with Crippen molar-refractivity contribution in [1.29, 1.82) is 5.41 Å². The number of thioether (sulfide) groups is 1. The van der Waals surface area contributed by atoms with E-state index in [4.69, 9.17) is 36.2 Å². The zero-order valence-electron chi connectivity index (χ0n) is 33.7. The molecule has 11 N–H and O–H groups in total. The van der Waals surface area contributed by atoms with Gasteiger partial charge in [0.25, 0.3) is 5.24 Å². The van der Waals surface area contributed by atoms with Crippen molar-refractivity contribution in [1.82, 2.24) is 15.2 Å². The monoisotopic (exact) mass is 848 g/mol. The molecule has 3 heterocycles. The Kier molecular flexibility index (Phi) is 23.3. The number of imide groups is 1. The average molecular weight is 849 g/mol. The van der Waals surface area contributed by atoms with Gasteiger partial charge >= 0.3 is 0 Å². The van der Waals surface area contributed by atoms with Gasteiger partial charge in [-0.15, -0.1) is 0 Å². The molecule has 1 aromatic heterocycles. The number of pyridine rings is 1. The number of nitrogens with two attached hydrogens (primary N) is 2. The minimum absolute atomic E-state index is 0.0509. The van der Waals surface area contributed by atoms with Crippen LogP contribution in [0.25, 0.3) is 0 Å². The molecule has 7 atom stereocenters. The molecular formula is C41H52N8O10S. The summed E-state index contributed by atoms with van der Waals surface area (Å²) in [6.07, 6.45) is -4.57. The zero-order valence-corrected chi connectivity index (χ0v) is 34.6. The van der Waals surface area contributed by atoms with Gasteiger partial charge in [0.2, 0.25) is 11.9 Å². The van der Waals surface area contributed by atoms with E-state index in [-0.39, 0.29) is 34.9 Å². The maximum atomic E-state index is 11.6. The van der Waals surface area contributed by atoms with E-state index in [0.29, 0.717) is 25.9 Å². The molecule has 2 aliphatic rings. The third-order valence-electron chi connectivity index (χ3n) is 8.00. The van der Waals surface area contributed by atoms with Crippen LogP contribution < -0.4 is 26.4 Å². The summed E-state index contributed by atoms with van der Waals surface area (Å²) in [5.41, 5.74) is 11.0. The largest absolute Gasteiger partial charge is 0.492 e. The van der Waals surface area contributed by atoms with E-state index in [1.165, 1.54) is 4.90 Å². The van der Waals surface area contributed by atoms with Gasteiger partial charge in [-0.3, -0.25) is 20.3 Å². The molecule has 2 fully saturated rings. The lowest BCUT2D eigenvalue weighted by Crippen LogP contribution is -2.59. The maximum absolute atomic E-state index is 11.6. The molecule has 0 bridgehead atoms. The number of nitrogens with zero attached hydrogens (tertiary/aromatic N) is 4. The number of hydrogen-bond acceptors (Lipinski definition) is 14. The fourth-order valence-corrected chi connectivity index (χ4v) is 5.64. The normalized spacial score (nSPS) is 20.3. The highest BCUT2D eigenvalue weighted by Crippen LogP contribution is 2.25. The maximum Gasteiger partial charge on any atom is 0.286 e. The van der Waals surface area contributed by atoms with Crippen LogP contribution in [-0.2, 0) is 20.7 Å². The Bertz CT molecular complexity index is 1950. The van der Waals surface area contributed by atoms with Crippen molar-refractivity contribution in [3.05, 3.63) is 54.2 Å². The number of hydrogen-bond donors (Lipinski definition) is 9. The highest BCUT2D eigenvalue weighted by Gasteiger charge is 2.44. The Morgan fingerprint density at radius 2 is 1.68 bits per heavy atom. The minimum atomic E-state index is -1.53. The summed E-state index contributed by atoms with van der Waals surface area (Å²) in [5.74, 6) is 22.0. The van der Waals surface area contributed by atoms with Crippen LogP contribution in [-0.4, -0.2) is 148 Å². The van der Waals surface area contributed by atoms with Crippen molar-refractivity contribution in [2.75, 3.05) is 52.4 Å². The molecule has 322 valence electrons. The van der Waals surface area contributed by atoms with Crippen LogP contribution in [0, 0.1) is 52.8 Å². The second kappa shape index (κ2) is 27.8. The van der Waals surface area contributed by atoms with Crippen LogP contribution in [0.15, 0.2) is 53.7 Å². The number of aliphatic hydroxyl groups excluding tert-OH is 5. The summed E-state index contributed by atoms with van der Waals surface area (Å²) in [5, 5.41) is 56.6. The van der Waals surface area contributed by atoms with E-state index < -0.39 is 43.4 Å². The molecule has 0 saturated carbocycles. The Morgan fingerprint density at radius 3 is 2.23 bits per heavy atom. The smallest absolute Gasteiger partial charge is 0.286 e. The van der Waals surface area contributed by atoms with Crippen molar-refractivity contribution in [2.24, 2.45) is 16.5 Å². The van der Waals surface area contributed by atoms with Crippen LogP contribution in [0.2, 0.25) is 0 Å². The Hall–Kier alpha value is -5.84. The average Bonchev–Trinajstić information content (AvgIpc) is 3.55. The molecule has 19 heteroatoms. The molecule has 1 aromatic carbocycles. The Morgan fingerprint density at radius 1 is 1.00 bits per heavy atom. The van der Waals surface area contributed by atoms with Gasteiger partial charge < -0.3 is 61.0 Å². The van der Waals surface area contributed by atoms with Gasteiger partial charge in [0.05, 0.1) is 31.1 Å². The van der Waals surface area contributed by atoms with Crippen molar-refractivity contribution in [2.45, 2.75) is 68.2 Å². The second-order valence-electron chi connectivity index (χ2n) is 12.8. The first-order chi connectivity index (χ1) is 28.7. The first kappa shape index (κ1) is 50.3. The van der Waals surface area contributed by atoms with Crippen LogP contribution in [0.5, 0.6) is 5.75 Å². The Balaban J connectivity index is 0.000000344. The number of aliphatic hydroxyl groups is 5. The molecule has 2 aromatic rings. The van der Waals surface area contributed by atoms with E-state index >= 15 is 0 Å². The number of carbonyl (C=O) groups is 2. The number of likely N-dealkylation sites (N-methyl/N-ethyl adjacent to an activating group) is 1. The van der Waals surface area contributed by atoms with Crippen molar-refractivity contribution >= 4 is 40.6 Å². The van der Waals surface area contributed by atoms with Crippen molar-refractivity contribution in [3.63, 3.8) is 0 Å². The quantitative estimate of drug-likeness (QED) is 0.0680. The predicted octanol–water partition coefficient (Wildman–Crippen LogP) is -0.775. The van der Waals surface area contributed by atoms with Gasteiger partial charge in [0.15, 0.2) is 12.2 Å². The Labute approximate surface area is 354 Å². The molecule has 0 aliphatic carbocycles. The molecule has 2 aliphatic heterocycles. The lowest BCUT2D eigenvalue weighted by molar-refractivity contribution is -0.313. The summed E-state index contributed by atoms with van der Waals surface area (Å²) < 4.78 is 16.4. The molecular weight excluding hydrogens is 797 g/mol. The summed E-state index contributed by atoms with van der Waals surface area (Å²) in [7, 11) is 5.35. The lowest BCUT2D eigenvalue weighted by Gasteiger charge is -2.40. The topological polar surface area (TPSA) is 283 Å². The first-order valence-electron chi connectivity index (χ1n) is 18.4. The van der Waals surface area contributed by atoms with E-state index in [1.54, 1.807) is 27.2 Å². The van der Waals surface area contributed by atoms with E-state index in [2.05, 4.69) is 62.7 Å². The molecule has 18 nitrogen and oxygen atoms in total. The van der Waals surface area contributed by atoms with Gasteiger partial charge in [-0.1, -0.05) is 41.8 Å². The third kappa shape index (κ3) is 18.8. The number of ether oxygens (including phenoxy) is 3. The SMILES string of the molecule is CC#CC#CC#CC#CCCC(CO)O[C@@H]1O[C@H](CO)[C@@H](O)[C@H](O)[C@H]1O.CN(C)C(=N)N=C(N)N.CN(CCOc1ccc(CC2SC(=O)NC2=O)cc1)c1ccccn1. The highest BCUT2D eigenvalue weighted by atomic mass is 32.2. The van der Waals surface area contributed by atoms with Crippen LogP contribution in [0.3, 0.4) is 0 Å². The number of guanidine groups is 2. The summed E-state index contributed by atoms with van der Waals surface area (Å²) in [4.78, 5) is 34.1. The lowest BCUT2D eigenvalue weighted by atomic mass is 9.99. The fourth-order valence-electron chi connectivity index (χ4n) is 4.78. The predicted molar refractivity (Wildman–Crippen MR) is 227 cm³/mol. The van der Waals surface area contributed by atoms with E-state index in [1.807, 2.05) is 54.4 Å². The standard InChI is InChI=1S/C19H22O7.C18H19N3O3S.C4H11N5/c1-2-3-4-5-6-7-8-9-10-11-14(12-20)25-19-18(24)17(23)16(22)15(13-21)26-19;1-21(16-4-2-3-9-19-16)10-11-24-14-7-5-13(6-8-14)12-15-17(22)20-18(23)25-15;1-9(2)4(7)8-3(5)6/h14-24H,10-13H2,1H3;2-9,15H,10-12H2,1H3,(H,20,22,23);1-2H3,(H5,5,6,7,8)/t14?,15-,16-,17+,18-,19-;;/m1../s1. The minimum Gasteiger partial charge on any atom is -0.492 e. The number of anilines is 1.